The van der Waals surface area contributed by atoms with Gasteiger partial charge in [0.15, 0.2) is 5.82 Å². The van der Waals surface area contributed by atoms with Crippen LogP contribution in [-0.2, 0) is 0 Å². The van der Waals surface area contributed by atoms with Crippen LogP contribution in [0.4, 0.5) is 4.39 Å². The van der Waals surface area contributed by atoms with Crippen LogP contribution in [0.3, 0.4) is 0 Å². The van der Waals surface area contributed by atoms with Gasteiger partial charge in [-0.3, -0.25) is 0 Å². The zero-order valence-electron chi connectivity index (χ0n) is 6.24. The Morgan fingerprint density at radius 3 is 2.83 bits per heavy atom. The van der Waals surface area contributed by atoms with Crippen molar-refractivity contribution in [1.29, 1.82) is 0 Å². The van der Waals surface area contributed by atoms with Crippen LogP contribution in [0.5, 0.6) is 5.88 Å². The summed E-state index contributed by atoms with van der Waals surface area (Å²) in [6, 6.07) is 0.855. The number of aromatic carboxylic acids is 1. The van der Waals surface area contributed by atoms with Crippen molar-refractivity contribution >= 4 is 5.97 Å². The first kappa shape index (κ1) is 8.45. The highest BCUT2D eigenvalue weighted by Crippen LogP contribution is 2.13. The third-order valence-corrected chi connectivity index (χ3v) is 1.25. The minimum absolute atomic E-state index is 0.201. The Bertz CT molecular complexity index is 314. The van der Waals surface area contributed by atoms with Gasteiger partial charge in [-0.2, -0.15) is 0 Å². The summed E-state index contributed by atoms with van der Waals surface area (Å²) in [5.41, 5.74) is -0.201. The van der Waals surface area contributed by atoms with Gasteiger partial charge in [-0.05, 0) is 6.07 Å². The van der Waals surface area contributed by atoms with Crippen molar-refractivity contribution in [2.75, 3.05) is 7.11 Å². The van der Waals surface area contributed by atoms with Crippen LogP contribution >= 0.6 is 0 Å². The van der Waals surface area contributed by atoms with Crippen LogP contribution < -0.4 is 4.74 Å². The quantitative estimate of drug-likeness (QED) is 0.718. The molecule has 0 atom stereocenters. The number of aromatic nitrogens is 1. The second-order valence-corrected chi connectivity index (χ2v) is 2.02. The van der Waals surface area contributed by atoms with Crippen molar-refractivity contribution in [2.45, 2.75) is 0 Å². The average molecular weight is 171 g/mol. The van der Waals surface area contributed by atoms with Gasteiger partial charge in [0.2, 0.25) is 5.88 Å². The molecule has 1 aromatic rings. The van der Waals surface area contributed by atoms with Crippen LogP contribution in [0, 0.1) is 5.82 Å². The van der Waals surface area contributed by atoms with Crippen molar-refractivity contribution in [3.63, 3.8) is 0 Å². The summed E-state index contributed by atoms with van der Waals surface area (Å²) < 4.78 is 17.3. The number of pyridine rings is 1. The van der Waals surface area contributed by atoms with Crippen LogP contribution in [0.25, 0.3) is 0 Å². The molecule has 1 rings (SSSR count). The summed E-state index contributed by atoms with van der Waals surface area (Å²) in [7, 11) is 1.26. The fraction of sp³-hybridized carbons (Fsp3) is 0.143. The molecule has 12 heavy (non-hydrogen) atoms. The van der Waals surface area contributed by atoms with Gasteiger partial charge in [-0.25, -0.2) is 14.2 Å². The average Bonchev–Trinajstić information content (AvgIpc) is 2.04. The standard InChI is InChI=1S/C7H6FNO3/c1-12-6-5(8)2-4(3-9-6)7(10)11/h2-3H,1H3,(H,10,11). The Morgan fingerprint density at radius 2 is 2.42 bits per heavy atom. The van der Waals surface area contributed by atoms with E-state index in [1.807, 2.05) is 0 Å². The van der Waals surface area contributed by atoms with Gasteiger partial charge in [-0.15, -0.1) is 0 Å². The number of methoxy groups -OCH3 is 1. The molecule has 0 bridgehead atoms. The predicted octanol–water partition coefficient (Wildman–Crippen LogP) is 0.927. The lowest BCUT2D eigenvalue weighted by molar-refractivity contribution is 0.0695. The van der Waals surface area contributed by atoms with Crippen molar-refractivity contribution in [1.82, 2.24) is 4.98 Å². The van der Waals surface area contributed by atoms with Gasteiger partial charge in [0, 0.05) is 6.20 Å². The van der Waals surface area contributed by atoms with E-state index in [0.717, 1.165) is 12.3 Å². The topological polar surface area (TPSA) is 59.4 Å². The molecular weight excluding hydrogens is 165 g/mol. The Kier molecular flexibility index (Phi) is 2.23. The zero-order chi connectivity index (χ0) is 9.14. The molecule has 0 amide bonds. The van der Waals surface area contributed by atoms with Crippen LogP contribution in [0.2, 0.25) is 0 Å². The first-order valence-corrected chi connectivity index (χ1v) is 3.08. The van der Waals surface area contributed by atoms with Crippen molar-refractivity contribution in [3.05, 3.63) is 23.6 Å². The van der Waals surface area contributed by atoms with E-state index in [1.165, 1.54) is 7.11 Å². The summed E-state index contributed by atoms with van der Waals surface area (Å²) in [6.45, 7) is 0. The largest absolute Gasteiger partial charge is 0.479 e. The molecule has 0 radical (unpaired) electrons. The normalized spacial score (nSPS) is 9.50. The number of halogens is 1. The highest BCUT2D eigenvalue weighted by Gasteiger charge is 2.09. The van der Waals surface area contributed by atoms with E-state index in [4.69, 9.17) is 5.11 Å². The monoisotopic (exact) mass is 171 g/mol. The Balaban J connectivity index is 3.10. The molecule has 4 nitrogen and oxygen atoms in total. The van der Waals surface area contributed by atoms with E-state index in [0.29, 0.717) is 0 Å². The van der Waals surface area contributed by atoms with Crippen LogP contribution in [0.15, 0.2) is 12.3 Å². The summed E-state index contributed by atoms with van der Waals surface area (Å²) in [6.07, 6.45) is 1.03. The molecule has 5 heteroatoms. The number of nitrogens with zero attached hydrogens (tertiary/aromatic N) is 1. The van der Waals surface area contributed by atoms with Gasteiger partial charge >= 0.3 is 5.97 Å². The fourth-order valence-electron chi connectivity index (χ4n) is 0.693. The molecule has 1 heterocycles. The maximum atomic E-state index is 12.8. The molecule has 1 N–H and O–H groups in total. The summed E-state index contributed by atoms with van der Waals surface area (Å²) >= 11 is 0. The summed E-state index contributed by atoms with van der Waals surface area (Å²) in [5, 5.41) is 8.43. The lowest BCUT2D eigenvalue weighted by atomic mass is 10.3. The molecule has 0 saturated carbocycles. The number of carbonyl (C=O) groups is 1. The molecule has 0 aliphatic rings. The van der Waals surface area contributed by atoms with E-state index in [9.17, 15) is 9.18 Å². The highest BCUT2D eigenvalue weighted by molar-refractivity contribution is 5.87. The molecule has 0 aromatic carbocycles. The Morgan fingerprint density at radius 1 is 1.75 bits per heavy atom. The minimum Gasteiger partial charge on any atom is -0.479 e. The van der Waals surface area contributed by atoms with Crippen LogP contribution in [0.1, 0.15) is 10.4 Å². The number of rotatable bonds is 2. The predicted molar refractivity (Wildman–Crippen MR) is 37.7 cm³/mol. The molecule has 64 valence electrons. The maximum absolute atomic E-state index is 12.8. The lowest BCUT2D eigenvalue weighted by Gasteiger charge is -1.99. The van der Waals surface area contributed by atoms with Gasteiger partial charge in [0.05, 0.1) is 12.7 Å². The van der Waals surface area contributed by atoms with E-state index < -0.39 is 11.8 Å². The number of carboxylic acids is 1. The smallest absolute Gasteiger partial charge is 0.337 e. The third kappa shape index (κ3) is 1.50. The molecular formula is C7H6FNO3. The number of hydrogen-bond acceptors (Lipinski definition) is 3. The first-order chi connectivity index (χ1) is 5.65. The van der Waals surface area contributed by atoms with E-state index in [2.05, 4.69) is 9.72 Å². The highest BCUT2D eigenvalue weighted by atomic mass is 19.1. The summed E-state index contributed by atoms with van der Waals surface area (Å²) in [4.78, 5) is 13.7. The first-order valence-electron chi connectivity index (χ1n) is 3.08. The Hall–Kier alpha value is -1.65. The summed E-state index contributed by atoms with van der Waals surface area (Å²) in [5.74, 6) is -2.21. The molecule has 0 saturated heterocycles. The molecule has 0 aliphatic carbocycles. The van der Waals surface area contributed by atoms with Crippen LogP contribution in [-0.4, -0.2) is 23.2 Å². The molecule has 0 aliphatic heterocycles. The number of ether oxygens (including phenoxy) is 1. The molecule has 1 aromatic heterocycles. The van der Waals surface area contributed by atoms with E-state index in [-0.39, 0.29) is 11.4 Å². The van der Waals surface area contributed by atoms with E-state index >= 15 is 0 Å². The number of carboxylic acid groups (broad SMARTS) is 1. The second-order valence-electron chi connectivity index (χ2n) is 2.02. The Labute approximate surface area is 67.6 Å². The van der Waals surface area contributed by atoms with E-state index in [1.54, 1.807) is 0 Å². The fourth-order valence-corrected chi connectivity index (χ4v) is 0.693. The third-order valence-electron chi connectivity index (χ3n) is 1.25. The maximum Gasteiger partial charge on any atom is 0.337 e. The van der Waals surface area contributed by atoms with Gasteiger partial charge in [-0.1, -0.05) is 0 Å². The molecule has 0 unspecified atom stereocenters. The zero-order valence-corrected chi connectivity index (χ0v) is 6.24. The molecule has 0 fully saturated rings. The van der Waals surface area contributed by atoms with Gasteiger partial charge in [0.25, 0.3) is 0 Å². The van der Waals surface area contributed by atoms with Crippen molar-refractivity contribution < 1.29 is 19.0 Å². The van der Waals surface area contributed by atoms with Gasteiger partial charge in [0.1, 0.15) is 0 Å². The van der Waals surface area contributed by atoms with Gasteiger partial charge < -0.3 is 9.84 Å². The lowest BCUT2D eigenvalue weighted by Crippen LogP contribution is -2.00. The van der Waals surface area contributed by atoms with Crippen molar-refractivity contribution in [3.8, 4) is 5.88 Å². The number of hydrogen-bond donors (Lipinski definition) is 1. The van der Waals surface area contributed by atoms with Crippen molar-refractivity contribution in [2.24, 2.45) is 0 Å². The SMILES string of the molecule is COc1ncc(C(=O)O)cc1F. The minimum atomic E-state index is -1.22. The molecule has 0 spiro atoms. The second kappa shape index (κ2) is 3.17.